The van der Waals surface area contributed by atoms with Gasteiger partial charge >= 0.3 is 94.7 Å². The predicted octanol–water partition coefficient (Wildman–Crippen LogP) is -7.16. The van der Waals surface area contributed by atoms with Crippen LogP contribution in [0.4, 0.5) is 34.6 Å². The number of sulfone groups is 1. The maximum absolute atomic E-state index is 13.9. The normalized spacial score (nSPS) is 11.9. The number of hydrogen-bond acceptors (Lipinski definition) is 20. The van der Waals surface area contributed by atoms with Crippen LogP contribution in [-0.2, 0) is 40.2 Å². The molecule has 280 valence electrons. The zero-order chi connectivity index (χ0) is 38.9. The zero-order valence-electron chi connectivity index (χ0n) is 29.4. The van der Waals surface area contributed by atoms with E-state index in [1.807, 2.05) is 0 Å². The Morgan fingerprint density at radius 2 is 1.39 bits per heavy atom. The first-order chi connectivity index (χ1) is 24.7. The number of nitrogens with zero attached hydrogens (tertiary/aromatic N) is 5. The van der Waals surface area contributed by atoms with Crippen molar-refractivity contribution < 1.29 is 151 Å². The number of aliphatic hydroxyl groups excluding tert-OH is 1. The number of nitrogens with one attached hydrogen (secondary N) is 2. The van der Waals surface area contributed by atoms with Gasteiger partial charge in [0.05, 0.1) is 39.8 Å². The molecule has 0 radical (unpaired) electrons. The first kappa shape index (κ1) is 49.7. The summed E-state index contributed by atoms with van der Waals surface area (Å²) in [6.07, 6.45) is 0. The van der Waals surface area contributed by atoms with Crippen LogP contribution in [0, 0.1) is 0 Å². The van der Waals surface area contributed by atoms with Crippen molar-refractivity contribution in [2.75, 3.05) is 30.1 Å². The fourth-order valence-corrected chi connectivity index (χ4v) is 7.51. The third kappa shape index (κ3) is 11.8. The van der Waals surface area contributed by atoms with Crippen molar-refractivity contribution in [3.05, 3.63) is 66.7 Å². The molecule has 0 aliphatic carbocycles. The number of aliphatic hydroxyl groups is 1. The Balaban J connectivity index is 0.00000361. The molecule has 0 atom stereocenters. The second-order valence-corrected chi connectivity index (χ2v) is 16.7. The van der Waals surface area contributed by atoms with E-state index in [9.17, 15) is 52.4 Å². The van der Waals surface area contributed by atoms with Crippen LogP contribution in [0.5, 0.6) is 11.8 Å². The summed E-state index contributed by atoms with van der Waals surface area (Å²) in [6.45, 7) is -0.629. The Morgan fingerprint density at radius 1 is 0.750 bits per heavy atom. The number of azo groups is 1. The van der Waals surface area contributed by atoms with Crippen LogP contribution in [0.15, 0.2) is 96.5 Å². The fourth-order valence-electron chi connectivity index (χ4n) is 4.65. The fraction of sp³-hybridized carbons (Fsp3) is 0.107. The molecule has 5 aromatic rings. The molecule has 0 aliphatic rings. The molecule has 0 aliphatic heterocycles. The van der Waals surface area contributed by atoms with Crippen LogP contribution in [0.2, 0.25) is 0 Å². The zero-order valence-corrected chi connectivity index (χ0v) is 38.7. The number of benzene rings is 4. The van der Waals surface area contributed by atoms with Gasteiger partial charge in [-0.2, -0.15) is 23.4 Å². The topological polar surface area (TPSA) is 343 Å². The second kappa shape index (κ2) is 19.6. The molecular formula is C28H22N7Na3O14S4. The van der Waals surface area contributed by atoms with Crippen molar-refractivity contribution in [3.63, 3.8) is 0 Å². The van der Waals surface area contributed by atoms with Crippen molar-refractivity contribution in [2.45, 2.75) is 19.6 Å². The van der Waals surface area contributed by atoms with Gasteiger partial charge in [0.15, 0.2) is 9.84 Å². The van der Waals surface area contributed by atoms with Gasteiger partial charge in [-0.05, 0) is 59.3 Å². The smallest absolute Gasteiger partial charge is 0.870 e. The van der Waals surface area contributed by atoms with Crippen LogP contribution in [-0.4, -0.2) is 86.9 Å². The SMILES string of the molecule is COc1nc(Nc2cccc(S(=O)(=O)CCO)c2)nc(Nc2cc(S(=O)(=O)[O-])cc3cc(S(=O)(=O)O)c(N=Nc4ccccc4S(=O)(=O)[O-])c([O-])c23)n1.[Na+].[Na+].[Na+]. The van der Waals surface area contributed by atoms with E-state index in [-0.39, 0.29) is 111 Å². The van der Waals surface area contributed by atoms with Gasteiger partial charge in [0.25, 0.3) is 10.1 Å². The van der Waals surface area contributed by atoms with Gasteiger partial charge < -0.3 is 34.7 Å². The van der Waals surface area contributed by atoms with Gasteiger partial charge in [-0.15, -0.1) is 10.2 Å². The molecule has 0 spiro atoms. The molecular weight excluding hydrogens is 856 g/mol. The van der Waals surface area contributed by atoms with Crippen LogP contribution < -0.4 is 109 Å². The van der Waals surface area contributed by atoms with Gasteiger partial charge in [-0.1, -0.05) is 23.9 Å². The first-order valence-electron chi connectivity index (χ1n) is 14.2. The summed E-state index contributed by atoms with van der Waals surface area (Å²) in [7, 11) is -18.5. The van der Waals surface area contributed by atoms with E-state index in [2.05, 4.69) is 35.8 Å². The summed E-state index contributed by atoms with van der Waals surface area (Å²) in [5.74, 6) is -2.70. The molecule has 4 N–H and O–H groups in total. The number of rotatable bonds is 13. The minimum Gasteiger partial charge on any atom is -0.870 e. The number of ether oxygens (including phenoxy) is 1. The van der Waals surface area contributed by atoms with Crippen molar-refractivity contribution in [3.8, 4) is 11.8 Å². The van der Waals surface area contributed by atoms with Gasteiger partial charge in [-0.3, -0.25) is 4.55 Å². The third-order valence-electron chi connectivity index (χ3n) is 6.92. The van der Waals surface area contributed by atoms with Gasteiger partial charge in [-0.25, -0.2) is 25.3 Å². The van der Waals surface area contributed by atoms with E-state index >= 15 is 0 Å². The first-order valence-corrected chi connectivity index (χ1v) is 20.1. The molecule has 0 saturated carbocycles. The summed E-state index contributed by atoms with van der Waals surface area (Å²) >= 11 is 0. The summed E-state index contributed by atoms with van der Waals surface area (Å²) in [5, 5.41) is 34.3. The van der Waals surface area contributed by atoms with E-state index in [0.29, 0.717) is 18.2 Å². The van der Waals surface area contributed by atoms with Crippen molar-refractivity contribution in [2.24, 2.45) is 10.2 Å². The standard InChI is InChI=1S/C28H25N7O14S4.3Na/c1-49-28-32-26(29-16-5-4-6-17(13-16)50(38,39)10-9-36)31-27(33-28)30-20-14-18(51(40,41)42)11-15-12-22(53(46,47)48)24(25(37)23(15)20)35-34-19-7-2-3-8-21(19)52(43,44)45;;;/h2-8,11-14,36-37H,9-10H2,1H3,(H,40,41,42)(H,43,44,45)(H,46,47,48)(H2,29,30,31,32,33);;;/q;3*+1/p-3. The van der Waals surface area contributed by atoms with Crippen LogP contribution in [0.25, 0.3) is 10.8 Å². The molecule has 0 amide bonds. The number of methoxy groups -OCH3 is 1. The van der Waals surface area contributed by atoms with Crippen LogP contribution >= 0.6 is 0 Å². The molecule has 0 saturated heterocycles. The Kier molecular flexibility index (Phi) is 17.4. The monoisotopic (exact) mass is 877 g/mol. The maximum atomic E-state index is 13.9. The Morgan fingerprint density at radius 3 is 1.98 bits per heavy atom. The molecule has 4 aromatic carbocycles. The van der Waals surface area contributed by atoms with Gasteiger partial charge in [0, 0.05) is 11.4 Å². The van der Waals surface area contributed by atoms with Crippen molar-refractivity contribution in [1.29, 1.82) is 0 Å². The number of anilines is 4. The average molecular weight is 878 g/mol. The minimum atomic E-state index is -5.36. The molecule has 0 unspecified atom stereocenters. The minimum absolute atomic E-state index is 0. The second-order valence-electron chi connectivity index (χ2n) is 10.5. The largest absolute Gasteiger partial charge is 1.00 e. The van der Waals surface area contributed by atoms with Gasteiger partial charge in [0.2, 0.25) is 11.9 Å². The van der Waals surface area contributed by atoms with Crippen LogP contribution in [0.3, 0.4) is 0 Å². The Labute approximate surface area is 385 Å². The summed E-state index contributed by atoms with van der Waals surface area (Å²) in [4.78, 5) is 8.82. The number of aromatic nitrogens is 3. The van der Waals surface area contributed by atoms with E-state index in [1.165, 1.54) is 36.4 Å². The Hall–Kier alpha value is -2.41. The molecule has 1 heterocycles. The molecule has 5 rings (SSSR count). The predicted molar refractivity (Wildman–Crippen MR) is 178 cm³/mol. The van der Waals surface area contributed by atoms with Gasteiger partial charge in [0.1, 0.15) is 30.8 Å². The average Bonchev–Trinajstić information content (AvgIpc) is 3.06. The van der Waals surface area contributed by atoms with E-state index in [1.54, 1.807) is 0 Å². The maximum Gasteiger partial charge on any atom is 1.00 e. The van der Waals surface area contributed by atoms with E-state index in [4.69, 9.17) is 9.84 Å². The van der Waals surface area contributed by atoms with E-state index < -0.39 is 107 Å². The molecule has 21 nitrogen and oxygen atoms in total. The molecule has 0 fully saturated rings. The quantitative estimate of drug-likeness (QED) is 0.0485. The summed E-state index contributed by atoms with van der Waals surface area (Å²) < 4.78 is 136. The molecule has 1 aromatic heterocycles. The molecule has 0 bridgehead atoms. The number of fused-ring (bicyclic) bond motifs is 1. The third-order valence-corrected chi connectivity index (χ3v) is 11.2. The summed E-state index contributed by atoms with van der Waals surface area (Å²) in [5.41, 5.74) is -2.14. The molecule has 28 heteroatoms. The summed E-state index contributed by atoms with van der Waals surface area (Å²) in [6, 6.07) is 11.1. The van der Waals surface area contributed by atoms with E-state index in [0.717, 1.165) is 19.2 Å². The van der Waals surface area contributed by atoms with Crippen molar-refractivity contribution in [1.82, 2.24) is 15.0 Å². The van der Waals surface area contributed by atoms with Crippen molar-refractivity contribution >= 4 is 85.6 Å². The number of hydrogen-bond donors (Lipinski definition) is 4. The molecule has 56 heavy (non-hydrogen) atoms. The van der Waals surface area contributed by atoms with Crippen LogP contribution in [0.1, 0.15) is 0 Å². The Bertz CT molecular complexity index is 2760.